The lowest BCUT2D eigenvalue weighted by molar-refractivity contribution is 0.0115. The molecule has 0 amide bonds. The van der Waals surface area contributed by atoms with Crippen molar-refractivity contribution in [3.63, 3.8) is 0 Å². The van der Waals surface area contributed by atoms with Crippen LogP contribution < -0.4 is 11.0 Å². The Morgan fingerprint density at radius 2 is 1.76 bits per heavy atom. The van der Waals surface area contributed by atoms with Crippen molar-refractivity contribution in [1.29, 1.82) is 0 Å². The number of hydrogen-bond acceptors (Lipinski definition) is 6. The third kappa shape index (κ3) is 4.60. The molecule has 34 heavy (non-hydrogen) atoms. The zero-order chi connectivity index (χ0) is 23.7. The lowest BCUT2D eigenvalue weighted by Crippen LogP contribution is -2.24. The molecule has 1 fully saturated rings. The molecule has 1 aliphatic rings. The predicted molar refractivity (Wildman–Crippen MR) is 125 cm³/mol. The molecule has 0 bridgehead atoms. The van der Waals surface area contributed by atoms with Crippen LogP contribution in [-0.4, -0.2) is 43.8 Å². The molecular formula is C25H23F2N5O2. The summed E-state index contributed by atoms with van der Waals surface area (Å²) in [5, 5.41) is 13.6. The zero-order valence-electron chi connectivity index (χ0n) is 18.3. The van der Waals surface area contributed by atoms with E-state index in [0.29, 0.717) is 35.6 Å². The standard InChI is InChI=1S/C25H23F2N5O2/c26-25(27)9-11-31(16-25)15-18-5-2-7-20(13-18)19-6-1-4-17(12-19)14-29-22-21-8-3-10-28-23(21)32(34)24(33)30-22/h1-8,10,12-13,34H,9,11,14-16H2,(H,29,30,33). The summed E-state index contributed by atoms with van der Waals surface area (Å²) < 4.78 is 27.5. The second kappa shape index (κ2) is 8.83. The van der Waals surface area contributed by atoms with Gasteiger partial charge in [-0.1, -0.05) is 36.4 Å². The third-order valence-corrected chi connectivity index (χ3v) is 5.93. The van der Waals surface area contributed by atoms with E-state index in [1.54, 1.807) is 17.0 Å². The molecule has 1 aliphatic heterocycles. The van der Waals surface area contributed by atoms with Crippen molar-refractivity contribution in [2.24, 2.45) is 0 Å². The van der Waals surface area contributed by atoms with Gasteiger partial charge in [0.15, 0.2) is 5.65 Å². The Hall–Kier alpha value is -3.85. The van der Waals surface area contributed by atoms with Crippen molar-refractivity contribution in [1.82, 2.24) is 19.6 Å². The van der Waals surface area contributed by atoms with Crippen LogP contribution in [0, 0.1) is 0 Å². The quantitative estimate of drug-likeness (QED) is 0.418. The first-order valence-electron chi connectivity index (χ1n) is 11.0. The number of pyridine rings is 1. The highest BCUT2D eigenvalue weighted by atomic mass is 19.3. The monoisotopic (exact) mass is 463 g/mol. The van der Waals surface area contributed by atoms with Gasteiger partial charge in [-0.25, -0.2) is 18.6 Å². The first-order valence-corrected chi connectivity index (χ1v) is 11.0. The molecule has 174 valence electrons. The minimum Gasteiger partial charge on any atom is -0.422 e. The van der Waals surface area contributed by atoms with Crippen molar-refractivity contribution < 1.29 is 14.0 Å². The Morgan fingerprint density at radius 1 is 1.03 bits per heavy atom. The molecule has 0 unspecified atom stereocenters. The molecule has 7 nitrogen and oxygen atoms in total. The van der Waals surface area contributed by atoms with Gasteiger partial charge in [0.05, 0.1) is 11.9 Å². The fourth-order valence-corrected chi connectivity index (χ4v) is 4.28. The molecule has 5 rings (SSSR count). The Balaban J connectivity index is 1.34. The summed E-state index contributed by atoms with van der Waals surface area (Å²) in [6.07, 6.45) is 1.40. The summed E-state index contributed by atoms with van der Waals surface area (Å²) in [6.45, 7) is 1.10. The Morgan fingerprint density at radius 3 is 2.50 bits per heavy atom. The van der Waals surface area contributed by atoms with Gasteiger partial charge in [0.2, 0.25) is 0 Å². The molecule has 0 atom stereocenters. The van der Waals surface area contributed by atoms with E-state index in [2.05, 4.69) is 15.3 Å². The molecule has 1 saturated heterocycles. The molecule has 3 heterocycles. The van der Waals surface area contributed by atoms with Gasteiger partial charge in [-0.3, -0.25) is 4.90 Å². The van der Waals surface area contributed by atoms with Gasteiger partial charge in [0.1, 0.15) is 5.82 Å². The van der Waals surface area contributed by atoms with Gasteiger partial charge in [-0.15, -0.1) is 4.73 Å². The first-order chi connectivity index (χ1) is 16.4. The number of fused-ring (bicyclic) bond motifs is 1. The molecule has 9 heteroatoms. The maximum Gasteiger partial charge on any atom is 0.384 e. The molecule has 0 aliphatic carbocycles. The summed E-state index contributed by atoms with van der Waals surface area (Å²) >= 11 is 0. The van der Waals surface area contributed by atoms with Crippen LogP contribution in [-0.2, 0) is 13.1 Å². The largest absolute Gasteiger partial charge is 0.422 e. The van der Waals surface area contributed by atoms with E-state index in [0.717, 1.165) is 22.3 Å². The lowest BCUT2D eigenvalue weighted by Gasteiger charge is -2.16. The molecular weight excluding hydrogens is 440 g/mol. The Bertz CT molecular complexity index is 1410. The average molecular weight is 463 g/mol. The van der Waals surface area contributed by atoms with Crippen LogP contribution in [0.15, 0.2) is 71.7 Å². The molecule has 2 aromatic carbocycles. The maximum atomic E-state index is 13.5. The number of benzene rings is 2. The molecule has 2 N–H and O–H groups in total. The van der Waals surface area contributed by atoms with Crippen LogP contribution >= 0.6 is 0 Å². The number of likely N-dealkylation sites (tertiary alicyclic amines) is 1. The molecule has 0 radical (unpaired) electrons. The SMILES string of the molecule is O=c1nc(NCc2cccc(-c3cccc(CN4CCC(F)(F)C4)c3)c2)c2cccnc2n1O. The summed E-state index contributed by atoms with van der Waals surface area (Å²) in [5.74, 6) is -2.26. The van der Waals surface area contributed by atoms with Gasteiger partial charge in [-0.05, 0) is 46.5 Å². The van der Waals surface area contributed by atoms with Crippen LogP contribution in [0.5, 0.6) is 0 Å². The van der Waals surface area contributed by atoms with Crippen molar-refractivity contribution in [2.75, 3.05) is 18.4 Å². The van der Waals surface area contributed by atoms with Crippen LogP contribution in [0.2, 0.25) is 0 Å². The summed E-state index contributed by atoms with van der Waals surface area (Å²) in [5.41, 5.74) is 3.28. The average Bonchev–Trinajstić information content (AvgIpc) is 3.19. The number of hydrogen-bond donors (Lipinski definition) is 2. The lowest BCUT2D eigenvalue weighted by atomic mass is 10.0. The zero-order valence-corrected chi connectivity index (χ0v) is 18.3. The van der Waals surface area contributed by atoms with Crippen LogP contribution in [0.3, 0.4) is 0 Å². The summed E-state index contributed by atoms with van der Waals surface area (Å²) in [6, 6.07) is 19.3. The smallest absolute Gasteiger partial charge is 0.384 e. The fourth-order valence-electron chi connectivity index (χ4n) is 4.28. The number of nitrogens with zero attached hydrogens (tertiary/aromatic N) is 4. The van der Waals surface area contributed by atoms with Gasteiger partial charge in [0.25, 0.3) is 5.92 Å². The number of anilines is 1. The maximum absolute atomic E-state index is 13.5. The van der Waals surface area contributed by atoms with Gasteiger partial charge >= 0.3 is 5.69 Å². The number of alkyl halides is 2. The van der Waals surface area contributed by atoms with Crippen molar-refractivity contribution in [3.8, 4) is 11.1 Å². The molecule has 0 saturated carbocycles. The van der Waals surface area contributed by atoms with Gasteiger partial charge in [0, 0.05) is 32.3 Å². The number of nitrogens with one attached hydrogen (secondary N) is 1. The second-order valence-electron chi connectivity index (χ2n) is 8.50. The normalized spacial score (nSPS) is 15.6. The Labute approximate surface area is 194 Å². The van der Waals surface area contributed by atoms with E-state index >= 15 is 0 Å². The van der Waals surface area contributed by atoms with E-state index < -0.39 is 11.6 Å². The van der Waals surface area contributed by atoms with Crippen molar-refractivity contribution >= 4 is 16.9 Å². The van der Waals surface area contributed by atoms with Crippen molar-refractivity contribution in [2.45, 2.75) is 25.4 Å². The van der Waals surface area contributed by atoms with Crippen LogP contribution in [0.25, 0.3) is 22.2 Å². The highest BCUT2D eigenvalue weighted by Crippen LogP contribution is 2.29. The van der Waals surface area contributed by atoms with E-state index in [9.17, 15) is 18.8 Å². The van der Waals surface area contributed by atoms with Crippen molar-refractivity contribution in [3.05, 3.63) is 88.5 Å². The number of rotatable bonds is 6. The topological polar surface area (TPSA) is 83.3 Å². The highest BCUT2D eigenvalue weighted by molar-refractivity contribution is 5.86. The number of aromatic nitrogens is 3. The highest BCUT2D eigenvalue weighted by Gasteiger charge is 2.37. The Kier molecular flexibility index (Phi) is 5.70. The van der Waals surface area contributed by atoms with Gasteiger partial charge in [-0.2, -0.15) is 4.98 Å². The fraction of sp³-hybridized carbons (Fsp3) is 0.240. The first kappa shape index (κ1) is 22.0. The van der Waals surface area contributed by atoms with Crippen LogP contribution in [0.4, 0.5) is 14.6 Å². The predicted octanol–water partition coefficient (Wildman–Crippen LogP) is 4.15. The summed E-state index contributed by atoms with van der Waals surface area (Å²) in [7, 11) is 0. The van der Waals surface area contributed by atoms with Gasteiger partial charge < -0.3 is 10.5 Å². The third-order valence-electron chi connectivity index (χ3n) is 5.93. The summed E-state index contributed by atoms with van der Waals surface area (Å²) in [4.78, 5) is 21.7. The molecule has 4 aromatic rings. The van der Waals surface area contributed by atoms with E-state index in [4.69, 9.17) is 0 Å². The van der Waals surface area contributed by atoms with E-state index in [-0.39, 0.29) is 18.6 Å². The van der Waals surface area contributed by atoms with Crippen LogP contribution in [0.1, 0.15) is 17.5 Å². The minimum atomic E-state index is -2.60. The minimum absolute atomic E-state index is 0.0878. The van der Waals surface area contributed by atoms with E-state index in [1.165, 1.54) is 6.20 Å². The molecule has 0 spiro atoms. The number of halogens is 2. The van der Waals surface area contributed by atoms with E-state index in [1.807, 2.05) is 48.5 Å². The molecule has 2 aromatic heterocycles. The second-order valence-corrected chi connectivity index (χ2v) is 8.50.